The van der Waals surface area contributed by atoms with Crippen LogP contribution in [0.2, 0.25) is 0 Å². The molecule has 4 rings (SSSR count). The molecule has 2 aromatic carbocycles. The lowest BCUT2D eigenvalue weighted by molar-refractivity contribution is 0.341. The predicted molar refractivity (Wildman–Crippen MR) is 117 cm³/mol. The third-order valence-corrected chi connectivity index (χ3v) is 4.61. The van der Waals surface area contributed by atoms with Crippen LogP contribution >= 0.6 is 0 Å². The quantitative estimate of drug-likeness (QED) is 0.417. The van der Waals surface area contributed by atoms with Crippen molar-refractivity contribution >= 4 is 17.4 Å². The molecule has 4 aromatic rings. The number of nitrogens with one attached hydrogen (secondary N) is 3. The minimum atomic E-state index is -0.217. The summed E-state index contributed by atoms with van der Waals surface area (Å²) in [6, 6.07) is 17.4. The fourth-order valence-electron chi connectivity index (χ4n) is 3.07. The lowest BCUT2D eigenvalue weighted by Gasteiger charge is -2.11. The number of nitrogens with zero attached hydrogens (tertiary/aromatic N) is 3. The van der Waals surface area contributed by atoms with E-state index in [0.29, 0.717) is 37.1 Å². The number of H-pyrrole nitrogens is 1. The van der Waals surface area contributed by atoms with E-state index in [1.54, 1.807) is 0 Å². The second kappa shape index (κ2) is 8.69. The van der Waals surface area contributed by atoms with E-state index >= 15 is 0 Å². The second-order valence-electron chi connectivity index (χ2n) is 6.92. The SMILES string of the molecule is CCOc1ccccc1NCc1cc(=O)n2[nH]c(NCc3ccc(C)cc3)nc2n1. The number of aromatic nitrogens is 4. The maximum Gasteiger partial charge on any atom is 0.274 e. The molecular formula is C22H24N6O2. The van der Waals surface area contributed by atoms with Crippen LogP contribution in [0.25, 0.3) is 5.78 Å². The van der Waals surface area contributed by atoms with E-state index in [1.807, 2.05) is 31.2 Å². The highest BCUT2D eigenvalue weighted by Crippen LogP contribution is 2.24. The lowest BCUT2D eigenvalue weighted by atomic mass is 10.1. The zero-order chi connectivity index (χ0) is 20.9. The zero-order valence-corrected chi connectivity index (χ0v) is 17.0. The maximum atomic E-state index is 12.5. The molecule has 0 saturated heterocycles. The van der Waals surface area contributed by atoms with Gasteiger partial charge >= 0.3 is 0 Å². The van der Waals surface area contributed by atoms with Gasteiger partial charge in [0.2, 0.25) is 5.95 Å². The van der Waals surface area contributed by atoms with E-state index in [9.17, 15) is 4.79 Å². The summed E-state index contributed by atoms with van der Waals surface area (Å²) < 4.78 is 6.95. The number of rotatable bonds is 8. The van der Waals surface area contributed by atoms with E-state index in [-0.39, 0.29) is 5.56 Å². The monoisotopic (exact) mass is 404 g/mol. The number of aryl methyl sites for hydroxylation is 1. The zero-order valence-electron chi connectivity index (χ0n) is 17.0. The van der Waals surface area contributed by atoms with Gasteiger partial charge in [-0.3, -0.25) is 9.89 Å². The Kier molecular flexibility index (Phi) is 5.65. The minimum absolute atomic E-state index is 0.217. The number of anilines is 2. The molecule has 0 spiro atoms. The Labute approximate surface area is 173 Å². The molecule has 2 aromatic heterocycles. The van der Waals surface area contributed by atoms with Crippen LogP contribution < -0.4 is 20.9 Å². The molecule has 3 N–H and O–H groups in total. The molecule has 0 bridgehead atoms. The number of benzene rings is 2. The van der Waals surface area contributed by atoms with Crippen molar-refractivity contribution in [1.82, 2.24) is 19.6 Å². The van der Waals surface area contributed by atoms with E-state index in [2.05, 4.69) is 56.9 Å². The molecule has 0 radical (unpaired) electrons. The second-order valence-corrected chi connectivity index (χ2v) is 6.92. The van der Waals surface area contributed by atoms with E-state index in [0.717, 1.165) is 17.0 Å². The summed E-state index contributed by atoms with van der Waals surface area (Å²) in [5.74, 6) is 1.58. The molecule has 0 amide bonds. The van der Waals surface area contributed by atoms with E-state index < -0.39 is 0 Å². The number of fused-ring (bicyclic) bond motifs is 1. The Morgan fingerprint density at radius 2 is 1.83 bits per heavy atom. The Bertz CT molecular complexity index is 1200. The molecular weight excluding hydrogens is 380 g/mol. The lowest BCUT2D eigenvalue weighted by Crippen LogP contribution is -2.17. The summed E-state index contributed by atoms with van der Waals surface area (Å²) in [5.41, 5.74) is 3.57. The van der Waals surface area contributed by atoms with E-state index in [1.165, 1.54) is 16.1 Å². The van der Waals surface area contributed by atoms with Crippen LogP contribution in [0.15, 0.2) is 59.4 Å². The molecule has 2 heterocycles. The third kappa shape index (κ3) is 4.43. The summed E-state index contributed by atoms with van der Waals surface area (Å²) in [4.78, 5) is 21.4. The molecule has 0 fully saturated rings. The number of hydrogen-bond acceptors (Lipinski definition) is 6. The van der Waals surface area contributed by atoms with Crippen LogP contribution in [0.3, 0.4) is 0 Å². The van der Waals surface area contributed by atoms with Crippen molar-refractivity contribution in [2.75, 3.05) is 17.2 Å². The molecule has 154 valence electrons. The molecule has 0 saturated carbocycles. The van der Waals surface area contributed by atoms with Gasteiger partial charge in [-0.1, -0.05) is 42.0 Å². The Morgan fingerprint density at radius 1 is 1.03 bits per heavy atom. The van der Waals surface area contributed by atoms with Gasteiger partial charge in [0.25, 0.3) is 11.3 Å². The Hall–Kier alpha value is -3.81. The van der Waals surface area contributed by atoms with Crippen molar-refractivity contribution in [3.05, 3.63) is 81.8 Å². The fraction of sp³-hybridized carbons (Fsp3) is 0.227. The van der Waals surface area contributed by atoms with E-state index in [4.69, 9.17) is 4.74 Å². The topological polar surface area (TPSA) is 96.3 Å². The maximum absolute atomic E-state index is 12.5. The van der Waals surface area contributed by atoms with Crippen molar-refractivity contribution in [1.29, 1.82) is 0 Å². The highest BCUT2D eigenvalue weighted by Gasteiger charge is 2.09. The van der Waals surface area contributed by atoms with Crippen molar-refractivity contribution in [3.8, 4) is 5.75 Å². The summed E-state index contributed by atoms with van der Waals surface area (Å²) in [6.45, 7) is 5.55. The number of hydrogen-bond donors (Lipinski definition) is 3. The van der Waals surface area contributed by atoms with Gasteiger partial charge in [-0.15, -0.1) is 0 Å². The first kappa shape index (κ1) is 19.5. The number of ether oxygens (including phenoxy) is 1. The number of aromatic amines is 1. The van der Waals surface area contributed by atoms with Gasteiger partial charge < -0.3 is 15.4 Å². The van der Waals surface area contributed by atoms with Crippen LogP contribution in [0, 0.1) is 6.92 Å². The average molecular weight is 404 g/mol. The molecule has 8 nitrogen and oxygen atoms in total. The van der Waals surface area contributed by atoms with Crippen LogP contribution in [0.1, 0.15) is 23.7 Å². The van der Waals surface area contributed by atoms with Gasteiger partial charge in [0, 0.05) is 12.6 Å². The minimum Gasteiger partial charge on any atom is -0.492 e. The Morgan fingerprint density at radius 3 is 2.63 bits per heavy atom. The third-order valence-electron chi connectivity index (χ3n) is 4.61. The summed E-state index contributed by atoms with van der Waals surface area (Å²) in [5, 5.41) is 9.42. The fourth-order valence-corrected chi connectivity index (χ4v) is 3.07. The molecule has 30 heavy (non-hydrogen) atoms. The highest BCUT2D eigenvalue weighted by molar-refractivity contribution is 5.56. The average Bonchev–Trinajstić information content (AvgIpc) is 3.17. The first-order valence-corrected chi connectivity index (χ1v) is 9.86. The molecule has 0 atom stereocenters. The van der Waals surface area contributed by atoms with Crippen molar-refractivity contribution in [2.24, 2.45) is 0 Å². The summed E-state index contributed by atoms with van der Waals surface area (Å²) in [7, 11) is 0. The molecule has 0 aliphatic heterocycles. The summed E-state index contributed by atoms with van der Waals surface area (Å²) in [6.07, 6.45) is 0. The van der Waals surface area contributed by atoms with Crippen molar-refractivity contribution in [2.45, 2.75) is 26.9 Å². The van der Waals surface area contributed by atoms with Crippen LogP contribution in [-0.4, -0.2) is 26.2 Å². The van der Waals surface area contributed by atoms with Gasteiger partial charge in [0.15, 0.2) is 0 Å². The number of para-hydroxylation sites is 2. The smallest absolute Gasteiger partial charge is 0.274 e. The largest absolute Gasteiger partial charge is 0.492 e. The van der Waals surface area contributed by atoms with Gasteiger partial charge in [-0.05, 0) is 31.5 Å². The first-order valence-electron chi connectivity index (χ1n) is 9.86. The summed E-state index contributed by atoms with van der Waals surface area (Å²) >= 11 is 0. The molecule has 8 heteroatoms. The predicted octanol–water partition coefficient (Wildman–Crippen LogP) is 3.35. The van der Waals surface area contributed by atoms with Gasteiger partial charge in [-0.2, -0.15) is 9.50 Å². The molecule has 0 unspecified atom stereocenters. The molecule has 0 aliphatic rings. The first-order chi connectivity index (χ1) is 14.6. The Balaban J connectivity index is 1.48. The van der Waals surface area contributed by atoms with Crippen LogP contribution in [0.4, 0.5) is 11.6 Å². The van der Waals surface area contributed by atoms with Crippen LogP contribution in [-0.2, 0) is 13.1 Å². The highest BCUT2D eigenvalue weighted by atomic mass is 16.5. The van der Waals surface area contributed by atoms with Crippen molar-refractivity contribution < 1.29 is 4.74 Å². The van der Waals surface area contributed by atoms with Gasteiger partial charge in [-0.25, -0.2) is 4.98 Å². The van der Waals surface area contributed by atoms with Crippen molar-refractivity contribution in [3.63, 3.8) is 0 Å². The standard InChI is InChI=1S/C22H24N6O2/c1-3-30-19-7-5-4-6-18(19)23-14-17-12-20(29)28-22(25-17)26-21(27-28)24-13-16-10-8-15(2)9-11-16/h4-12,23H,3,13-14H2,1-2H3,(H2,24,25,26,27). The van der Waals surface area contributed by atoms with Crippen LogP contribution in [0.5, 0.6) is 5.75 Å². The molecule has 0 aliphatic carbocycles. The normalized spacial score (nSPS) is 10.9. The van der Waals surface area contributed by atoms with Gasteiger partial charge in [0.05, 0.1) is 24.5 Å². The van der Waals surface area contributed by atoms with Gasteiger partial charge in [0.1, 0.15) is 5.75 Å².